The molecule has 1 aromatic rings. The van der Waals surface area contributed by atoms with Gasteiger partial charge in [-0.1, -0.05) is 26.0 Å². The predicted octanol–water partition coefficient (Wildman–Crippen LogP) is 3.11. The second-order valence-electron chi connectivity index (χ2n) is 4.83. The Kier molecular flexibility index (Phi) is 8.17. The summed E-state index contributed by atoms with van der Waals surface area (Å²) in [7, 11) is 0. The van der Waals surface area contributed by atoms with Gasteiger partial charge in [0, 0.05) is 24.5 Å². The summed E-state index contributed by atoms with van der Waals surface area (Å²) in [4.78, 5) is 42.4. The van der Waals surface area contributed by atoms with Gasteiger partial charge >= 0.3 is 6.16 Å². The van der Waals surface area contributed by atoms with Gasteiger partial charge in [0.2, 0.25) is 0 Å². The molecule has 0 saturated carbocycles. The van der Waals surface area contributed by atoms with Gasteiger partial charge in [-0.2, -0.15) is 0 Å². The monoisotopic (exact) mass is 325 g/mol. The Morgan fingerprint density at radius 1 is 1.26 bits per heavy atom. The lowest BCUT2D eigenvalue weighted by atomic mass is 9.81. The fourth-order valence-electron chi connectivity index (χ4n) is 2.04. The van der Waals surface area contributed by atoms with E-state index in [1.807, 2.05) is 0 Å². The number of nitro benzene ring substituents is 1. The quantitative estimate of drug-likeness (QED) is 0.606. The third-order valence-corrected chi connectivity index (χ3v) is 3.28. The van der Waals surface area contributed by atoms with Crippen LogP contribution in [-0.4, -0.2) is 32.9 Å². The molecule has 0 amide bonds. The van der Waals surface area contributed by atoms with Crippen molar-refractivity contribution in [2.75, 3.05) is 0 Å². The molecule has 0 heterocycles. The highest BCUT2D eigenvalue weighted by Crippen LogP contribution is 2.29. The molecule has 0 bridgehead atoms. The maximum atomic E-state index is 12.0. The van der Waals surface area contributed by atoms with Crippen molar-refractivity contribution in [3.05, 3.63) is 39.9 Å². The predicted molar refractivity (Wildman–Crippen MR) is 81.6 cm³/mol. The zero-order valence-corrected chi connectivity index (χ0v) is 13.1. The lowest BCUT2D eigenvalue weighted by molar-refractivity contribution is -0.384. The molecule has 0 aliphatic heterocycles. The molecule has 0 aliphatic carbocycles. The second-order valence-corrected chi connectivity index (χ2v) is 4.83. The Balaban J connectivity index is 0.00000108. The van der Waals surface area contributed by atoms with Gasteiger partial charge in [-0.15, -0.1) is 0 Å². The molecule has 2 N–H and O–H groups in total. The maximum Gasteiger partial charge on any atom is 0.503 e. The van der Waals surface area contributed by atoms with Crippen molar-refractivity contribution in [1.29, 1.82) is 0 Å². The van der Waals surface area contributed by atoms with E-state index in [0.717, 1.165) is 0 Å². The number of benzene rings is 1. The minimum Gasteiger partial charge on any atom is -0.450 e. The normalized spacial score (nSPS) is 12.3. The zero-order chi connectivity index (χ0) is 18.2. The largest absolute Gasteiger partial charge is 0.503 e. The number of carbonyl (C=O) groups is 3. The first-order valence-corrected chi connectivity index (χ1v) is 6.81. The summed E-state index contributed by atoms with van der Waals surface area (Å²) in [5.74, 6) is -1.27. The van der Waals surface area contributed by atoms with Crippen molar-refractivity contribution in [2.24, 2.45) is 5.92 Å². The van der Waals surface area contributed by atoms with Crippen molar-refractivity contribution in [3.63, 3.8) is 0 Å². The van der Waals surface area contributed by atoms with Gasteiger partial charge < -0.3 is 10.2 Å². The van der Waals surface area contributed by atoms with E-state index in [1.165, 1.54) is 25.1 Å². The molecule has 0 spiro atoms. The molecule has 2 atom stereocenters. The van der Waals surface area contributed by atoms with Gasteiger partial charge in [-0.05, 0) is 12.5 Å². The molecule has 8 heteroatoms. The molecular formula is C15H19NO7. The summed E-state index contributed by atoms with van der Waals surface area (Å²) < 4.78 is 0. The molecule has 126 valence electrons. The molecule has 1 rings (SSSR count). The zero-order valence-electron chi connectivity index (χ0n) is 13.1. The van der Waals surface area contributed by atoms with E-state index in [4.69, 9.17) is 15.0 Å². The number of ketones is 2. The number of hydrogen-bond donors (Lipinski definition) is 2. The van der Waals surface area contributed by atoms with Gasteiger partial charge in [0.1, 0.15) is 11.6 Å². The van der Waals surface area contributed by atoms with Crippen LogP contribution in [0.3, 0.4) is 0 Å². The van der Waals surface area contributed by atoms with Crippen LogP contribution in [0.15, 0.2) is 24.3 Å². The number of Topliss-reactive ketones (excluding diaryl/α,β-unsaturated/α-hetero) is 2. The van der Waals surface area contributed by atoms with Crippen LogP contribution in [0.25, 0.3) is 0 Å². The first-order chi connectivity index (χ1) is 10.6. The highest BCUT2D eigenvalue weighted by atomic mass is 16.6. The Hall–Kier alpha value is -2.77. The van der Waals surface area contributed by atoms with E-state index in [2.05, 4.69) is 0 Å². The number of carbonyl (C=O) groups excluding carboxylic acids is 2. The highest BCUT2D eigenvalue weighted by Gasteiger charge is 2.29. The smallest absolute Gasteiger partial charge is 0.450 e. The number of nitrogens with zero attached hydrogens (tertiary/aromatic N) is 1. The van der Waals surface area contributed by atoms with Gasteiger partial charge in [0.15, 0.2) is 0 Å². The van der Waals surface area contributed by atoms with Crippen LogP contribution in [0.2, 0.25) is 0 Å². The summed E-state index contributed by atoms with van der Waals surface area (Å²) in [6, 6.07) is 5.94. The lowest BCUT2D eigenvalue weighted by Gasteiger charge is -2.20. The van der Waals surface area contributed by atoms with Crippen molar-refractivity contribution < 1.29 is 29.5 Å². The van der Waals surface area contributed by atoms with E-state index in [9.17, 15) is 19.7 Å². The number of rotatable bonds is 6. The average Bonchev–Trinajstić information content (AvgIpc) is 2.46. The Bertz CT molecular complexity index is 593. The molecule has 2 unspecified atom stereocenters. The Labute approximate surface area is 132 Å². The topological polar surface area (TPSA) is 135 Å². The third-order valence-electron chi connectivity index (χ3n) is 3.28. The summed E-state index contributed by atoms with van der Waals surface area (Å²) in [6.45, 7) is 4.83. The van der Waals surface area contributed by atoms with Crippen molar-refractivity contribution >= 4 is 23.4 Å². The van der Waals surface area contributed by atoms with Crippen LogP contribution < -0.4 is 0 Å². The summed E-state index contributed by atoms with van der Waals surface area (Å²) in [5.41, 5.74) is 0.464. The van der Waals surface area contributed by atoms with Crippen LogP contribution in [-0.2, 0) is 9.59 Å². The van der Waals surface area contributed by atoms with Crippen LogP contribution in [0.1, 0.15) is 38.7 Å². The van der Waals surface area contributed by atoms with E-state index in [1.54, 1.807) is 19.9 Å². The molecule has 0 aromatic heterocycles. The van der Waals surface area contributed by atoms with E-state index < -0.39 is 22.9 Å². The minimum absolute atomic E-state index is 0.0674. The van der Waals surface area contributed by atoms with E-state index >= 15 is 0 Å². The molecule has 0 fully saturated rings. The lowest BCUT2D eigenvalue weighted by Crippen LogP contribution is -2.24. The van der Waals surface area contributed by atoms with E-state index in [0.29, 0.717) is 12.0 Å². The second kappa shape index (κ2) is 9.29. The van der Waals surface area contributed by atoms with E-state index in [-0.39, 0.29) is 17.3 Å². The third kappa shape index (κ3) is 6.68. The Morgan fingerprint density at radius 2 is 1.78 bits per heavy atom. The number of non-ortho nitro benzene ring substituents is 1. The van der Waals surface area contributed by atoms with Gasteiger partial charge in [-0.3, -0.25) is 19.7 Å². The molecule has 0 radical (unpaired) electrons. The molecule has 1 aromatic carbocycles. The number of hydrogen-bond acceptors (Lipinski definition) is 5. The van der Waals surface area contributed by atoms with Crippen LogP contribution in [0.4, 0.5) is 10.5 Å². The number of carboxylic acid groups (broad SMARTS) is 2. The van der Waals surface area contributed by atoms with Crippen LogP contribution >= 0.6 is 0 Å². The first-order valence-electron chi connectivity index (χ1n) is 6.81. The summed E-state index contributed by atoms with van der Waals surface area (Å²) in [5, 5.41) is 24.7. The molecule has 8 nitrogen and oxygen atoms in total. The number of nitro groups is 1. The first kappa shape index (κ1) is 20.2. The van der Waals surface area contributed by atoms with Crippen molar-refractivity contribution in [3.8, 4) is 0 Å². The van der Waals surface area contributed by atoms with Gasteiger partial charge in [0.25, 0.3) is 5.69 Å². The molecule has 0 aliphatic rings. The molecule has 0 saturated heterocycles. The van der Waals surface area contributed by atoms with Crippen molar-refractivity contribution in [2.45, 2.75) is 33.1 Å². The highest BCUT2D eigenvalue weighted by molar-refractivity contribution is 5.92. The fraction of sp³-hybridized carbons (Fsp3) is 0.400. The van der Waals surface area contributed by atoms with Gasteiger partial charge in [-0.25, -0.2) is 4.79 Å². The van der Waals surface area contributed by atoms with Crippen molar-refractivity contribution in [1.82, 2.24) is 0 Å². The fourth-order valence-corrected chi connectivity index (χ4v) is 2.04. The van der Waals surface area contributed by atoms with Crippen LogP contribution in [0, 0.1) is 16.0 Å². The van der Waals surface area contributed by atoms with Gasteiger partial charge in [0.05, 0.1) is 10.8 Å². The van der Waals surface area contributed by atoms with Crippen LogP contribution in [0.5, 0.6) is 0 Å². The standard InChI is InChI=1S/C14H17NO4.CH2O3/c1-4-13(17)14(9(2)10(3)16)11-6-5-7-12(8-11)15(18)19;2-1(3)4/h5-9,14H,4H2,1-3H3;(H2,2,3,4). The average molecular weight is 325 g/mol. The minimum atomic E-state index is -1.83. The SMILES string of the molecule is CCC(=O)C(c1cccc([N+](=O)[O-])c1)C(C)C(C)=O.O=C(O)O. The summed E-state index contributed by atoms with van der Waals surface area (Å²) >= 11 is 0. The molecule has 23 heavy (non-hydrogen) atoms. The summed E-state index contributed by atoms with van der Waals surface area (Å²) in [6.07, 6.45) is -1.54. The molecular weight excluding hydrogens is 306 g/mol. The Morgan fingerprint density at radius 3 is 2.17 bits per heavy atom. The maximum absolute atomic E-state index is 12.0.